The fraction of sp³-hybridized carbons (Fsp3) is 1.00. The zero-order valence-electron chi connectivity index (χ0n) is 15.1. The van der Waals surface area contributed by atoms with Crippen LogP contribution < -0.4 is 0 Å². The van der Waals surface area contributed by atoms with Crippen LogP contribution in [0.15, 0.2) is 0 Å². The quantitative estimate of drug-likeness (QED) is 0.177. The third-order valence-electron chi connectivity index (χ3n) is 4.05. The van der Waals surface area contributed by atoms with Crippen molar-refractivity contribution >= 4 is 19.9 Å². The maximum absolute atomic E-state index is 6.31. The van der Waals surface area contributed by atoms with Gasteiger partial charge in [-0.2, -0.15) is 0 Å². The molecule has 128 valence electrons. The minimum absolute atomic E-state index is 0.458. The van der Waals surface area contributed by atoms with E-state index in [2.05, 4.69) is 26.9 Å². The van der Waals surface area contributed by atoms with Gasteiger partial charge in [0.2, 0.25) is 8.32 Å². The van der Waals surface area contributed by atoms with Gasteiger partial charge in [0.15, 0.2) is 0 Å². The van der Waals surface area contributed by atoms with Crippen LogP contribution in [0.3, 0.4) is 0 Å². The second-order valence-corrected chi connectivity index (χ2v) is 11.9. The lowest BCUT2D eigenvalue weighted by Crippen LogP contribution is -2.37. The van der Waals surface area contributed by atoms with Gasteiger partial charge < -0.3 is 4.43 Å². The molecule has 1 atom stereocenters. The SMILES string of the molecule is CCCCCCCCCCCC(CCC)O[Si](C)(C)CCl. The fourth-order valence-corrected chi connectivity index (χ4v) is 4.14. The van der Waals surface area contributed by atoms with E-state index in [0.717, 1.165) is 0 Å². The van der Waals surface area contributed by atoms with Gasteiger partial charge in [-0.1, -0.05) is 78.1 Å². The van der Waals surface area contributed by atoms with Gasteiger partial charge >= 0.3 is 0 Å². The van der Waals surface area contributed by atoms with E-state index in [4.69, 9.17) is 16.0 Å². The standard InChI is InChI=1S/C18H39ClOSi/c1-5-7-8-9-10-11-12-13-14-16-18(15-6-2)20-21(3,4)17-19/h18H,5-17H2,1-4H3. The molecule has 0 aromatic rings. The molecule has 0 heterocycles. The van der Waals surface area contributed by atoms with Crippen molar-refractivity contribution in [2.45, 2.75) is 110 Å². The van der Waals surface area contributed by atoms with Crippen LogP contribution in [-0.2, 0) is 4.43 Å². The average molecular weight is 335 g/mol. The summed E-state index contributed by atoms with van der Waals surface area (Å²) in [5.41, 5.74) is 0.713. The zero-order valence-corrected chi connectivity index (χ0v) is 16.8. The Morgan fingerprint density at radius 2 is 1.29 bits per heavy atom. The highest BCUT2D eigenvalue weighted by molar-refractivity contribution is 6.77. The number of halogens is 1. The largest absolute Gasteiger partial charge is 0.413 e. The Labute approximate surface area is 140 Å². The molecule has 0 spiro atoms. The number of hydrogen-bond donors (Lipinski definition) is 0. The van der Waals surface area contributed by atoms with Crippen molar-refractivity contribution in [2.24, 2.45) is 0 Å². The second kappa shape index (κ2) is 14.1. The van der Waals surface area contributed by atoms with Crippen molar-refractivity contribution in [1.82, 2.24) is 0 Å². The molecule has 0 aliphatic carbocycles. The molecule has 0 fully saturated rings. The first-order valence-electron chi connectivity index (χ1n) is 9.29. The minimum Gasteiger partial charge on any atom is -0.413 e. The highest BCUT2D eigenvalue weighted by atomic mass is 35.5. The Bertz CT molecular complexity index is 221. The Hall–Kier alpha value is 0.467. The van der Waals surface area contributed by atoms with Crippen LogP contribution in [0, 0.1) is 0 Å². The van der Waals surface area contributed by atoms with Gasteiger partial charge in [0.25, 0.3) is 0 Å². The first kappa shape index (κ1) is 21.5. The first-order chi connectivity index (χ1) is 10.1. The maximum atomic E-state index is 6.31. The van der Waals surface area contributed by atoms with Crippen molar-refractivity contribution in [2.75, 3.05) is 5.50 Å². The average Bonchev–Trinajstić information content (AvgIpc) is 2.45. The summed E-state index contributed by atoms with van der Waals surface area (Å²) in [4.78, 5) is 0. The number of rotatable bonds is 15. The molecule has 0 saturated heterocycles. The summed E-state index contributed by atoms with van der Waals surface area (Å²) < 4.78 is 6.31. The van der Waals surface area contributed by atoms with Crippen molar-refractivity contribution in [3.63, 3.8) is 0 Å². The van der Waals surface area contributed by atoms with Crippen molar-refractivity contribution in [3.05, 3.63) is 0 Å². The summed E-state index contributed by atoms with van der Waals surface area (Å²) >= 11 is 6.03. The molecule has 0 rings (SSSR count). The molecule has 0 radical (unpaired) electrons. The van der Waals surface area contributed by atoms with Gasteiger partial charge in [0.05, 0.1) is 0 Å². The summed E-state index contributed by atoms with van der Waals surface area (Å²) in [5, 5.41) is 0. The maximum Gasteiger partial charge on any atom is 0.201 e. The molecule has 0 aromatic heterocycles. The number of hydrogen-bond acceptors (Lipinski definition) is 1. The van der Waals surface area contributed by atoms with Gasteiger partial charge in [-0.3, -0.25) is 0 Å². The fourth-order valence-electron chi connectivity index (χ4n) is 2.75. The third kappa shape index (κ3) is 13.8. The van der Waals surface area contributed by atoms with Crippen LogP contribution in [0.5, 0.6) is 0 Å². The Balaban J connectivity index is 3.60. The smallest absolute Gasteiger partial charge is 0.201 e. The summed E-state index contributed by atoms with van der Waals surface area (Å²) in [7, 11) is -1.61. The lowest BCUT2D eigenvalue weighted by Gasteiger charge is -2.27. The van der Waals surface area contributed by atoms with Gasteiger partial charge in [0.1, 0.15) is 0 Å². The summed E-state index contributed by atoms with van der Waals surface area (Å²) in [6.07, 6.45) is 16.7. The van der Waals surface area contributed by atoms with E-state index in [1.54, 1.807) is 0 Å². The van der Waals surface area contributed by atoms with E-state index in [9.17, 15) is 0 Å². The third-order valence-corrected chi connectivity index (χ3v) is 7.59. The second-order valence-electron chi connectivity index (χ2n) is 7.04. The molecular formula is C18H39ClOSi. The van der Waals surface area contributed by atoms with Crippen molar-refractivity contribution in [3.8, 4) is 0 Å². The van der Waals surface area contributed by atoms with E-state index in [-0.39, 0.29) is 0 Å². The number of unbranched alkanes of at least 4 members (excludes halogenated alkanes) is 8. The van der Waals surface area contributed by atoms with Crippen LogP contribution in [0.25, 0.3) is 0 Å². The molecule has 0 amide bonds. The molecule has 0 aliphatic heterocycles. The molecule has 0 aliphatic rings. The normalized spacial score (nSPS) is 13.6. The lowest BCUT2D eigenvalue weighted by atomic mass is 10.0. The molecule has 0 saturated carbocycles. The van der Waals surface area contributed by atoms with E-state index in [0.29, 0.717) is 11.6 Å². The van der Waals surface area contributed by atoms with E-state index < -0.39 is 8.32 Å². The topological polar surface area (TPSA) is 9.23 Å². The van der Waals surface area contributed by atoms with E-state index >= 15 is 0 Å². The Morgan fingerprint density at radius 3 is 1.76 bits per heavy atom. The molecule has 1 unspecified atom stereocenters. The monoisotopic (exact) mass is 334 g/mol. The first-order valence-corrected chi connectivity index (χ1v) is 12.9. The van der Waals surface area contributed by atoms with Gasteiger partial charge in [0, 0.05) is 11.6 Å². The molecule has 21 heavy (non-hydrogen) atoms. The van der Waals surface area contributed by atoms with Crippen LogP contribution in [-0.4, -0.2) is 19.9 Å². The van der Waals surface area contributed by atoms with Crippen molar-refractivity contribution in [1.29, 1.82) is 0 Å². The van der Waals surface area contributed by atoms with Crippen LogP contribution >= 0.6 is 11.6 Å². The number of alkyl halides is 1. The Kier molecular flexibility index (Phi) is 14.4. The van der Waals surface area contributed by atoms with Crippen LogP contribution in [0.4, 0.5) is 0 Å². The molecule has 0 bridgehead atoms. The highest BCUT2D eigenvalue weighted by Crippen LogP contribution is 2.19. The predicted octanol–water partition coefficient (Wildman–Crippen LogP) is 7.08. The predicted molar refractivity (Wildman–Crippen MR) is 99.8 cm³/mol. The highest BCUT2D eigenvalue weighted by Gasteiger charge is 2.25. The Morgan fingerprint density at radius 1 is 0.762 bits per heavy atom. The van der Waals surface area contributed by atoms with Crippen LogP contribution in [0.2, 0.25) is 13.1 Å². The van der Waals surface area contributed by atoms with E-state index in [1.807, 2.05) is 0 Å². The summed E-state index contributed by atoms with van der Waals surface area (Å²) in [5.74, 6) is 0. The molecule has 1 nitrogen and oxygen atoms in total. The molecule has 0 N–H and O–H groups in total. The molecule has 0 aromatic carbocycles. The molecule has 3 heteroatoms. The van der Waals surface area contributed by atoms with Crippen molar-refractivity contribution < 1.29 is 4.43 Å². The molecular weight excluding hydrogens is 296 g/mol. The van der Waals surface area contributed by atoms with Gasteiger partial charge in [-0.05, 0) is 25.9 Å². The lowest BCUT2D eigenvalue weighted by molar-refractivity contribution is 0.168. The van der Waals surface area contributed by atoms with E-state index in [1.165, 1.54) is 77.0 Å². The van der Waals surface area contributed by atoms with Gasteiger partial charge in [-0.15, -0.1) is 11.6 Å². The summed E-state index contributed by atoms with van der Waals surface area (Å²) in [6.45, 7) is 9.00. The zero-order chi connectivity index (χ0) is 16.0. The summed E-state index contributed by atoms with van der Waals surface area (Å²) in [6, 6.07) is 0. The van der Waals surface area contributed by atoms with Gasteiger partial charge in [-0.25, -0.2) is 0 Å². The van der Waals surface area contributed by atoms with Crippen LogP contribution in [0.1, 0.15) is 90.9 Å². The minimum atomic E-state index is -1.61.